The molecule has 0 bridgehead atoms. The molecule has 1 saturated heterocycles. The summed E-state index contributed by atoms with van der Waals surface area (Å²) in [5, 5.41) is 7.31. The molecular formula is C18H24N4O. The molecule has 1 aliphatic rings. The summed E-state index contributed by atoms with van der Waals surface area (Å²) in [6.07, 6.45) is 3.94. The second kappa shape index (κ2) is 7.81. The molecule has 0 spiro atoms. The Morgan fingerprint density at radius 1 is 1.35 bits per heavy atom. The molecule has 0 aliphatic carbocycles. The van der Waals surface area contributed by atoms with Crippen LogP contribution in [0.3, 0.4) is 0 Å². The van der Waals surface area contributed by atoms with E-state index >= 15 is 0 Å². The molecule has 1 atom stereocenters. The fourth-order valence-corrected chi connectivity index (χ4v) is 3.04. The van der Waals surface area contributed by atoms with Gasteiger partial charge in [-0.05, 0) is 31.2 Å². The SMILES string of the molecule is CCNC(=NCc1ccon1)N1CCC(Cc2ccccc2)C1. The standard InChI is InChI=1S/C18H24N4O/c1-2-19-18(20-13-17-9-11-23-21-17)22-10-8-16(14-22)12-15-6-4-3-5-7-15/h3-7,9,11,16H,2,8,10,12-14H2,1H3,(H,19,20). The van der Waals surface area contributed by atoms with Crippen LogP contribution < -0.4 is 5.32 Å². The van der Waals surface area contributed by atoms with Crippen LogP contribution in [0, 0.1) is 5.92 Å². The Morgan fingerprint density at radius 2 is 2.22 bits per heavy atom. The lowest BCUT2D eigenvalue weighted by molar-refractivity contribution is 0.411. The number of hydrogen-bond donors (Lipinski definition) is 1. The number of aromatic nitrogens is 1. The van der Waals surface area contributed by atoms with Gasteiger partial charge in [0.05, 0.1) is 6.54 Å². The van der Waals surface area contributed by atoms with Gasteiger partial charge in [-0.1, -0.05) is 35.5 Å². The zero-order valence-electron chi connectivity index (χ0n) is 13.6. The summed E-state index contributed by atoms with van der Waals surface area (Å²) in [6.45, 7) is 5.64. The van der Waals surface area contributed by atoms with Gasteiger partial charge in [0, 0.05) is 25.7 Å². The van der Waals surface area contributed by atoms with Crippen LogP contribution in [-0.4, -0.2) is 35.7 Å². The predicted molar refractivity (Wildman–Crippen MR) is 91.1 cm³/mol. The Labute approximate surface area is 137 Å². The Bertz CT molecular complexity index is 609. The molecule has 2 aromatic rings. The molecule has 1 aromatic heterocycles. The van der Waals surface area contributed by atoms with E-state index in [0.717, 1.165) is 37.7 Å². The molecule has 5 heteroatoms. The van der Waals surface area contributed by atoms with Crippen LogP contribution in [-0.2, 0) is 13.0 Å². The van der Waals surface area contributed by atoms with E-state index in [1.807, 2.05) is 6.07 Å². The number of likely N-dealkylation sites (tertiary alicyclic amines) is 1. The largest absolute Gasteiger partial charge is 0.364 e. The Morgan fingerprint density at radius 3 is 2.96 bits per heavy atom. The minimum absolute atomic E-state index is 0.554. The highest BCUT2D eigenvalue weighted by Crippen LogP contribution is 2.21. The van der Waals surface area contributed by atoms with Gasteiger partial charge in [-0.2, -0.15) is 0 Å². The normalized spacial score (nSPS) is 18.4. The summed E-state index contributed by atoms with van der Waals surface area (Å²) in [5.74, 6) is 1.67. The molecule has 2 heterocycles. The minimum atomic E-state index is 0.554. The third kappa shape index (κ3) is 4.34. The number of benzene rings is 1. The second-order valence-corrected chi connectivity index (χ2v) is 5.95. The molecule has 0 radical (unpaired) electrons. The molecule has 23 heavy (non-hydrogen) atoms. The van der Waals surface area contributed by atoms with E-state index in [1.165, 1.54) is 12.0 Å². The zero-order valence-corrected chi connectivity index (χ0v) is 13.6. The van der Waals surface area contributed by atoms with Crippen molar-refractivity contribution >= 4 is 5.96 Å². The first-order chi connectivity index (χ1) is 11.3. The van der Waals surface area contributed by atoms with Gasteiger partial charge >= 0.3 is 0 Å². The number of rotatable bonds is 5. The van der Waals surface area contributed by atoms with Crippen molar-refractivity contribution in [3.05, 3.63) is 53.9 Å². The van der Waals surface area contributed by atoms with Crippen LogP contribution in [0.5, 0.6) is 0 Å². The topological polar surface area (TPSA) is 53.7 Å². The van der Waals surface area contributed by atoms with Crippen molar-refractivity contribution in [1.29, 1.82) is 0 Å². The lowest BCUT2D eigenvalue weighted by Gasteiger charge is -2.21. The fourth-order valence-electron chi connectivity index (χ4n) is 3.04. The maximum Gasteiger partial charge on any atom is 0.194 e. The van der Waals surface area contributed by atoms with Crippen molar-refractivity contribution in [2.45, 2.75) is 26.3 Å². The highest BCUT2D eigenvalue weighted by Gasteiger charge is 2.24. The van der Waals surface area contributed by atoms with E-state index in [0.29, 0.717) is 12.5 Å². The molecule has 1 N–H and O–H groups in total. The quantitative estimate of drug-likeness (QED) is 0.681. The predicted octanol–water partition coefficient (Wildman–Crippen LogP) is 2.70. The number of nitrogens with zero attached hydrogens (tertiary/aromatic N) is 3. The maximum atomic E-state index is 4.86. The lowest BCUT2D eigenvalue weighted by Crippen LogP contribution is -2.40. The van der Waals surface area contributed by atoms with Gasteiger partial charge in [-0.3, -0.25) is 0 Å². The molecule has 1 aromatic carbocycles. The van der Waals surface area contributed by atoms with E-state index < -0.39 is 0 Å². The summed E-state index contributed by atoms with van der Waals surface area (Å²) >= 11 is 0. The monoisotopic (exact) mass is 312 g/mol. The van der Waals surface area contributed by atoms with Crippen LogP contribution in [0.4, 0.5) is 0 Å². The Kier molecular flexibility index (Phi) is 5.29. The third-order valence-electron chi connectivity index (χ3n) is 4.17. The van der Waals surface area contributed by atoms with Crippen LogP contribution in [0.1, 0.15) is 24.6 Å². The van der Waals surface area contributed by atoms with E-state index in [4.69, 9.17) is 4.52 Å². The van der Waals surface area contributed by atoms with E-state index in [1.54, 1.807) is 6.26 Å². The van der Waals surface area contributed by atoms with Crippen molar-refractivity contribution in [3.8, 4) is 0 Å². The van der Waals surface area contributed by atoms with Gasteiger partial charge in [0.2, 0.25) is 0 Å². The maximum absolute atomic E-state index is 4.86. The molecule has 5 nitrogen and oxygen atoms in total. The zero-order chi connectivity index (χ0) is 15.9. The summed E-state index contributed by atoms with van der Waals surface area (Å²) in [4.78, 5) is 7.05. The van der Waals surface area contributed by atoms with Gasteiger partial charge in [-0.15, -0.1) is 0 Å². The number of aliphatic imine (C=N–C) groups is 1. The lowest BCUT2D eigenvalue weighted by atomic mass is 9.99. The highest BCUT2D eigenvalue weighted by molar-refractivity contribution is 5.80. The van der Waals surface area contributed by atoms with Crippen molar-refractivity contribution in [3.63, 3.8) is 0 Å². The Balaban J connectivity index is 1.59. The molecule has 1 unspecified atom stereocenters. The van der Waals surface area contributed by atoms with Crippen LogP contribution >= 0.6 is 0 Å². The number of hydrogen-bond acceptors (Lipinski definition) is 3. The molecule has 0 amide bonds. The molecular weight excluding hydrogens is 288 g/mol. The number of guanidine groups is 1. The van der Waals surface area contributed by atoms with Crippen molar-refractivity contribution < 1.29 is 4.52 Å². The van der Waals surface area contributed by atoms with E-state index in [-0.39, 0.29) is 0 Å². The molecule has 1 aliphatic heterocycles. The summed E-state index contributed by atoms with van der Waals surface area (Å²) in [6, 6.07) is 12.6. The van der Waals surface area contributed by atoms with Crippen molar-refractivity contribution in [2.75, 3.05) is 19.6 Å². The summed E-state index contributed by atoms with van der Waals surface area (Å²) in [7, 11) is 0. The first-order valence-corrected chi connectivity index (χ1v) is 8.31. The fraction of sp³-hybridized carbons (Fsp3) is 0.444. The van der Waals surface area contributed by atoms with Crippen molar-refractivity contribution in [2.24, 2.45) is 10.9 Å². The van der Waals surface area contributed by atoms with Crippen LogP contribution in [0.2, 0.25) is 0 Å². The van der Waals surface area contributed by atoms with E-state index in [2.05, 4.69) is 57.6 Å². The van der Waals surface area contributed by atoms with Gasteiger partial charge in [0.15, 0.2) is 5.96 Å². The summed E-state index contributed by atoms with van der Waals surface area (Å²) < 4.78 is 4.86. The summed E-state index contributed by atoms with van der Waals surface area (Å²) in [5.41, 5.74) is 2.28. The van der Waals surface area contributed by atoms with E-state index in [9.17, 15) is 0 Å². The van der Waals surface area contributed by atoms with Gasteiger partial charge in [0.1, 0.15) is 12.0 Å². The number of nitrogens with one attached hydrogen (secondary N) is 1. The van der Waals surface area contributed by atoms with Crippen molar-refractivity contribution in [1.82, 2.24) is 15.4 Å². The average Bonchev–Trinajstić information content (AvgIpc) is 3.24. The first kappa shape index (κ1) is 15.6. The molecule has 0 saturated carbocycles. The first-order valence-electron chi connectivity index (χ1n) is 8.31. The Hall–Kier alpha value is -2.30. The van der Waals surface area contributed by atoms with Gasteiger partial charge in [0.25, 0.3) is 0 Å². The highest BCUT2D eigenvalue weighted by atomic mass is 16.5. The second-order valence-electron chi connectivity index (χ2n) is 5.95. The van der Waals surface area contributed by atoms with Gasteiger partial charge in [-0.25, -0.2) is 4.99 Å². The molecule has 1 fully saturated rings. The molecule has 3 rings (SSSR count). The third-order valence-corrected chi connectivity index (χ3v) is 4.17. The smallest absolute Gasteiger partial charge is 0.194 e. The molecule has 122 valence electrons. The minimum Gasteiger partial charge on any atom is -0.364 e. The van der Waals surface area contributed by atoms with Crippen LogP contribution in [0.15, 0.2) is 52.2 Å². The average molecular weight is 312 g/mol. The van der Waals surface area contributed by atoms with Crippen LogP contribution in [0.25, 0.3) is 0 Å². The van der Waals surface area contributed by atoms with Gasteiger partial charge < -0.3 is 14.7 Å².